The van der Waals surface area contributed by atoms with Crippen LogP contribution in [0.2, 0.25) is 10.0 Å². The number of rotatable bonds is 3. The molecule has 2 rings (SSSR count). The minimum Gasteiger partial charge on any atom is -0.392 e. The summed E-state index contributed by atoms with van der Waals surface area (Å²) in [6, 6.07) is 2.86. The zero-order valence-corrected chi connectivity index (χ0v) is 14.4. The smallest absolute Gasteiger partial charge is 0.244 e. The number of piperidine rings is 1. The van der Waals surface area contributed by atoms with E-state index >= 15 is 0 Å². The Labute approximate surface area is 135 Å². The van der Waals surface area contributed by atoms with Crippen LogP contribution in [0.25, 0.3) is 0 Å². The van der Waals surface area contributed by atoms with Crippen LogP contribution < -0.4 is 0 Å². The first-order chi connectivity index (χ1) is 9.69. The molecule has 0 amide bonds. The first-order valence-corrected chi connectivity index (χ1v) is 8.96. The molecule has 0 radical (unpaired) electrons. The summed E-state index contributed by atoms with van der Waals surface area (Å²) in [7, 11) is -3.68. The second kappa shape index (κ2) is 6.05. The standard InChI is InChI=1S/C14H19Cl2NO3S/c1-14(2)6-3-7-17(9-14)21(19,20)12-5-4-11(15)10(8-18)13(12)16/h4-5,18H,3,6-9H2,1-2H3. The number of hydrogen-bond acceptors (Lipinski definition) is 3. The van der Waals surface area contributed by atoms with Gasteiger partial charge in [-0.05, 0) is 30.4 Å². The molecule has 0 unspecified atom stereocenters. The van der Waals surface area contributed by atoms with Gasteiger partial charge < -0.3 is 5.11 Å². The minimum absolute atomic E-state index is 0.00776. The molecule has 0 aliphatic carbocycles. The van der Waals surface area contributed by atoms with Crippen molar-refractivity contribution < 1.29 is 13.5 Å². The third kappa shape index (κ3) is 3.37. The summed E-state index contributed by atoms with van der Waals surface area (Å²) in [4.78, 5) is 0.00955. The number of benzene rings is 1. The van der Waals surface area contributed by atoms with Crippen molar-refractivity contribution in [3.8, 4) is 0 Å². The fraction of sp³-hybridized carbons (Fsp3) is 0.571. The van der Waals surface area contributed by atoms with E-state index in [-0.39, 0.29) is 25.9 Å². The van der Waals surface area contributed by atoms with Crippen molar-refractivity contribution >= 4 is 33.2 Å². The maximum atomic E-state index is 12.8. The molecule has 1 aromatic rings. The molecule has 0 atom stereocenters. The van der Waals surface area contributed by atoms with Crippen molar-refractivity contribution in [2.24, 2.45) is 5.41 Å². The topological polar surface area (TPSA) is 57.6 Å². The van der Waals surface area contributed by atoms with Gasteiger partial charge in [0.15, 0.2) is 0 Å². The van der Waals surface area contributed by atoms with Crippen LogP contribution in [0.4, 0.5) is 0 Å². The zero-order chi connectivity index (χ0) is 15.8. The number of sulfonamides is 1. The highest BCUT2D eigenvalue weighted by molar-refractivity contribution is 7.89. The summed E-state index contributed by atoms with van der Waals surface area (Å²) >= 11 is 12.1. The van der Waals surface area contributed by atoms with Gasteiger partial charge in [0.25, 0.3) is 0 Å². The highest BCUT2D eigenvalue weighted by atomic mass is 35.5. The van der Waals surface area contributed by atoms with Crippen molar-refractivity contribution in [1.82, 2.24) is 4.31 Å². The van der Waals surface area contributed by atoms with Gasteiger partial charge in [0.05, 0.1) is 11.6 Å². The predicted octanol–water partition coefficient (Wildman–Crippen LogP) is 3.30. The molecular weight excluding hydrogens is 333 g/mol. The van der Waals surface area contributed by atoms with Crippen molar-refractivity contribution in [3.63, 3.8) is 0 Å². The molecule has 0 bridgehead atoms. The van der Waals surface area contributed by atoms with Crippen LogP contribution in [0.3, 0.4) is 0 Å². The summed E-state index contributed by atoms with van der Waals surface area (Å²) in [6.07, 6.45) is 1.82. The van der Waals surface area contributed by atoms with Gasteiger partial charge in [-0.15, -0.1) is 0 Å². The van der Waals surface area contributed by atoms with Gasteiger partial charge >= 0.3 is 0 Å². The Morgan fingerprint density at radius 1 is 1.33 bits per heavy atom. The molecule has 1 aromatic carbocycles. The molecule has 1 heterocycles. The number of nitrogens with zero attached hydrogens (tertiary/aromatic N) is 1. The van der Waals surface area contributed by atoms with E-state index in [0.717, 1.165) is 12.8 Å². The number of halogens is 2. The van der Waals surface area contributed by atoms with E-state index in [1.807, 2.05) is 0 Å². The normalized spacial score (nSPS) is 19.7. The van der Waals surface area contributed by atoms with E-state index in [4.69, 9.17) is 23.2 Å². The van der Waals surface area contributed by atoms with E-state index in [0.29, 0.717) is 13.1 Å². The van der Waals surface area contributed by atoms with Gasteiger partial charge in [-0.1, -0.05) is 37.0 Å². The molecule has 1 aliphatic rings. The quantitative estimate of drug-likeness (QED) is 0.908. The van der Waals surface area contributed by atoms with Gasteiger partial charge in [-0.25, -0.2) is 8.42 Å². The summed E-state index contributed by atoms with van der Waals surface area (Å²) in [6.45, 7) is 4.66. The average Bonchev–Trinajstić information content (AvgIpc) is 2.37. The maximum Gasteiger partial charge on any atom is 0.244 e. The van der Waals surface area contributed by atoms with E-state index in [1.165, 1.54) is 16.4 Å². The van der Waals surface area contributed by atoms with Crippen LogP contribution in [0, 0.1) is 5.41 Å². The summed E-state index contributed by atoms with van der Waals surface area (Å²) in [5.41, 5.74) is 0.194. The third-order valence-corrected chi connectivity index (χ3v) is 6.58. The van der Waals surface area contributed by atoms with E-state index in [2.05, 4.69) is 13.8 Å². The van der Waals surface area contributed by atoms with Crippen molar-refractivity contribution in [3.05, 3.63) is 27.7 Å². The molecular formula is C14H19Cl2NO3S. The molecule has 0 spiro atoms. The Hall–Kier alpha value is -0.330. The van der Waals surface area contributed by atoms with E-state index in [9.17, 15) is 13.5 Å². The van der Waals surface area contributed by atoms with Gasteiger partial charge in [0, 0.05) is 23.7 Å². The average molecular weight is 352 g/mol. The van der Waals surface area contributed by atoms with Gasteiger partial charge in [0.1, 0.15) is 4.90 Å². The van der Waals surface area contributed by atoms with Crippen molar-refractivity contribution in [2.75, 3.05) is 13.1 Å². The lowest BCUT2D eigenvalue weighted by molar-refractivity contribution is 0.187. The van der Waals surface area contributed by atoms with Crippen LogP contribution >= 0.6 is 23.2 Å². The number of hydrogen-bond donors (Lipinski definition) is 1. The Morgan fingerprint density at radius 3 is 2.57 bits per heavy atom. The molecule has 1 fully saturated rings. The third-order valence-electron chi connectivity index (χ3n) is 3.79. The zero-order valence-electron chi connectivity index (χ0n) is 12.1. The molecule has 7 heteroatoms. The number of aliphatic hydroxyl groups is 1. The molecule has 1 N–H and O–H groups in total. The van der Waals surface area contributed by atoms with E-state index < -0.39 is 16.6 Å². The Morgan fingerprint density at radius 2 is 2.00 bits per heavy atom. The molecule has 21 heavy (non-hydrogen) atoms. The lowest BCUT2D eigenvalue weighted by Crippen LogP contribution is -2.43. The first kappa shape index (κ1) is 17.0. The lowest BCUT2D eigenvalue weighted by Gasteiger charge is -2.37. The first-order valence-electron chi connectivity index (χ1n) is 6.77. The molecule has 118 valence electrons. The largest absolute Gasteiger partial charge is 0.392 e. The second-order valence-corrected chi connectivity index (χ2v) is 8.79. The Balaban J connectivity index is 2.45. The molecule has 0 saturated carbocycles. The summed E-state index contributed by atoms with van der Waals surface area (Å²) in [5.74, 6) is 0. The highest BCUT2D eigenvalue weighted by Gasteiger charge is 2.35. The fourth-order valence-electron chi connectivity index (χ4n) is 2.63. The van der Waals surface area contributed by atoms with Gasteiger partial charge in [0.2, 0.25) is 10.0 Å². The van der Waals surface area contributed by atoms with Gasteiger partial charge in [-0.2, -0.15) is 4.31 Å². The van der Waals surface area contributed by atoms with Crippen LogP contribution in [0.15, 0.2) is 17.0 Å². The Bertz CT molecular complexity index is 644. The number of aliphatic hydroxyl groups excluding tert-OH is 1. The van der Waals surface area contributed by atoms with Crippen LogP contribution in [0.1, 0.15) is 32.3 Å². The monoisotopic (exact) mass is 351 g/mol. The Kier molecular flexibility index (Phi) is 4.90. The van der Waals surface area contributed by atoms with Crippen LogP contribution in [-0.2, 0) is 16.6 Å². The second-order valence-electron chi connectivity index (χ2n) is 6.10. The van der Waals surface area contributed by atoms with Crippen LogP contribution in [0.5, 0.6) is 0 Å². The minimum atomic E-state index is -3.68. The van der Waals surface area contributed by atoms with E-state index in [1.54, 1.807) is 0 Å². The van der Waals surface area contributed by atoms with Crippen molar-refractivity contribution in [1.29, 1.82) is 0 Å². The maximum absolute atomic E-state index is 12.8. The lowest BCUT2D eigenvalue weighted by atomic mass is 9.85. The SMILES string of the molecule is CC1(C)CCCN(S(=O)(=O)c2ccc(Cl)c(CO)c2Cl)C1. The van der Waals surface area contributed by atoms with Crippen LogP contribution in [-0.4, -0.2) is 30.9 Å². The molecule has 4 nitrogen and oxygen atoms in total. The van der Waals surface area contributed by atoms with Gasteiger partial charge in [-0.3, -0.25) is 0 Å². The summed E-state index contributed by atoms with van der Waals surface area (Å²) < 4.78 is 27.0. The predicted molar refractivity (Wildman–Crippen MR) is 84.2 cm³/mol. The summed E-state index contributed by atoms with van der Waals surface area (Å²) in [5, 5.41) is 9.58. The fourth-order valence-corrected chi connectivity index (χ4v) is 5.17. The molecule has 0 aromatic heterocycles. The highest BCUT2D eigenvalue weighted by Crippen LogP contribution is 2.36. The molecule has 1 saturated heterocycles. The van der Waals surface area contributed by atoms with Crippen molar-refractivity contribution in [2.45, 2.75) is 38.2 Å². The molecule has 1 aliphatic heterocycles.